The lowest BCUT2D eigenvalue weighted by molar-refractivity contribution is 0.164. The molecule has 0 spiro atoms. The van der Waals surface area contributed by atoms with Gasteiger partial charge in [-0.15, -0.1) is 0 Å². The van der Waals surface area contributed by atoms with E-state index in [-0.39, 0.29) is 0 Å². The molecule has 15 heavy (non-hydrogen) atoms. The normalized spacial score (nSPS) is 12.5. The van der Waals surface area contributed by atoms with E-state index in [1.54, 1.807) is 7.11 Å². The summed E-state index contributed by atoms with van der Waals surface area (Å²) >= 11 is 3.46. The molecule has 1 unspecified atom stereocenters. The van der Waals surface area contributed by atoms with Gasteiger partial charge in [0.1, 0.15) is 0 Å². The number of ether oxygens (including phenoxy) is 1. The number of hydrogen-bond donors (Lipinski definition) is 2. The Morgan fingerprint density at radius 1 is 1.53 bits per heavy atom. The van der Waals surface area contributed by atoms with Crippen molar-refractivity contribution >= 4 is 27.3 Å². The molecule has 0 heterocycles. The van der Waals surface area contributed by atoms with Crippen LogP contribution in [0.5, 0.6) is 0 Å². The molecular weight excluding hydrogens is 256 g/mol. The Bertz CT molecular complexity index is 317. The van der Waals surface area contributed by atoms with Crippen LogP contribution in [0.15, 0.2) is 22.7 Å². The first-order valence-corrected chi connectivity index (χ1v) is 5.70. The van der Waals surface area contributed by atoms with E-state index >= 15 is 0 Å². The summed E-state index contributed by atoms with van der Waals surface area (Å²) in [6, 6.07) is 5.75. The number of nitrogen functional groups attached to an aromatic ring is 1. The van der Waals surface area contributed by atoms with Crippen molar-refractivity contribution in [1.29, 1.82) is 0 Å². The van der Waals surface area contributed by atoms with Crippen molar-refractivity contribution < 1.29 is 4.74 Å². The molecule has 0 aliphatic carbocycles. The minimum Gasteiger partial charge on any atom is -0.399 e. The number of hydrogen-bond acceptors (Lipinski definition) is 3. The first-order chi connectivity index (χ1) is 7.13. The van der Waals surface area contributed by atoms with Crippen LogP contribution in [0.1, 0.15) is 6.92 Å². The fraction of sp³-hybridized carbons (Fsp3) is 0.455. The molecule has 1 rings (SSSR count). The Morgan fingerprint density at radius 2 is 2.27 bits per heavy atom. The van der Waals surface area contributed by atoms with E-state index in [0.29, 0.717) is 5.92 Å². The lowest BCUT2D eigenvalue weighted by atomic mass is 10.2. The second kappa shape index (κ2) is 5.98. The predicted molar refractivity (Wildman–Crippen MR) is 68.1 cm³/mol. The van der Waals surface area contributed by atoms with Crippen molar-refractivity contribution in [1.82, 2.24) is 0 Å². The second-order valence-electron chi connectivity index (χ2n) is 3.68. The van der Waals surface area contributed by atoms with Gasteiger partial charge < -0.3 is 15.8 Å². The first kappa shape index (κ1) is 12.3. The fourth-order valence-corrected chi connectivity index (χ4v) is 1.84. The summed E-state index contributed by atoms with van der Waals surface area (Å²) in [5.41, 5.74) is 7.48. The molecule has 1 atom stereocenters. The maximum absolute atomic E-state index is 5.65. The monoisotopic (exact) mass is 272 g/mol. The molecule has 0 saturated carbocycles. The number of anilines is 2. The molecule has 1 aromatic carbocycles. The standard InChI is InChI=1S/C11H17BrN2O/c1-8(7-15-2)6-14-11-4-3-9(13)5-10(11)12/h3-5,8,14H,6-7,13H2,1-2H3. The molecule has 0 radical (unpaired) electrons. The van der Waals surface area contributed by atoms with Crippen LogP contribution in [0.3, 0.4) is 0 Å². The minimum atomic E-state index is 0.486. The molecule has 0 saturated heterocycles. The molecule has 3 nitrogen and oxygen atoms in total. The van der Waals surface area contributed by atoms with Gasteiger partial charge in [0.15, 0.2) is 0 Å². The number of nitrogens with two attached hydrogens (primary N) is 1. The lowest BCUT2D eigenvalue weighted by Gasteiger charge is -2.13. The van der Waals surface area contributed by atoms with Crippen LogP contribution in [0.2, 0.25) is 0 Å². The summed E-state index contributed by atoms with van der Waals surface area (Å²) in [4.78, 5) is 0. The van der Waals surface area contributed by atoms with Gasteiger partial charge in [0.25, 0.3) is 0 Å². The van der Waals surface area contributed by atoms with E-state index in [1.807, 2.05) is 18.2 Å². The quantitative estimate of drug-likeness (QED) is 0.811. The van der Waals surface area contributed by atoms with Gasteiger partial charge in [0, 0.05) is 29.5 Å². The van der Waals surface area contributed by atoms with E-state index in [0.717, 1.165) is 29.0 Å². The Balaban J connectivity index is 2.50. The molecule has 1 aromatic rings. The van der Waals surface area contributed by atoms with Crippen molar-refractivity contribution in [3.05, 3.63) is 22.7 Å². The summed E-state index contributed by atoms with van der Waals surface area (Å²) in [6.07, 6.45) is 0. The number of halogens is 1. The fourth-order valence-electron chi connectivity index (χ4n) is 1.30. The number of benzene rings is 1. The highest BCUT2D eigenvalue weighted by atomic mass is 79.9. The molecule has 0 amide bonds. The zero-order valence-electron chi connectivity index (χ0n) is 9.09. The Morgan fingerprint density at radius 3 is 2.87 bits per heavy atom. The molecule has 0 aliphatic heterocycles. The van der Waals surface area contributed by atoms with Crippen LogP contribution in [-0.2, 0) is 4.74 Å². The summed E-state index contributed by atoms with van der Waals surface area (Å²) in [7, 11) is 1.72. The summed E-state index contributed by atoms with van der Waals surface area (Å²) < 4.78 is 6.06. The maximum Gasteiger partial charge on any atom is 0.0504 e. The SMILES string of the molecule is COCC(C)CNc1ccc(N)cc1Br. The average Bonchev–Trinajstić information content (AvgIpc) is 2.17. The first-order valence-electron chi connectivity index (χ1n) is 4.91. The molecule has 0 bridgehead atoms. The molecule has 0 aliphatic rings. The van der Waals surface area contributed by atoms with Crippen LogP contribution in [0.4, 0.5) is 11.4 Å². The Kier molecular flexibility index (Phi) is 4.91. The van der Waals surface area contributed by atoms with Crippen LogP contribution >= 0.6 is 15.9 Å². The largest absolute Gasteiger partial charge is 0.399 e. The number of nitrogens with one attached hydrogen (secondary N) is 1. The Hall–Kier alpha value is -0.740. The number of methoxy groups -OCH3 is 1. The van der Waals surface area contributed by atoms with Gasteiger partial charge in [0.2, 0.25) is 0 Å². The highest BCUT2D eigenvalue weighted by molar-refractivity contribution is 9.10. The Labute approximate surface area is 99.1 Å². The average molecular weight is 273 g/mol. The van der Waals surface area contributed by atoms with Crippen LogP contribution in [0.25, 0.3) is 0 Å². The van der Waals surface area contributed by atoms with Crippen LogP contribution in [0, 0.1) is 5.92 Å². The third-order valence-corrected chi connectivity index (χ3v) is 2.74. The van der Waals surface area contributed by atoms with E-state index in [2.05, 4.69) is 28.2 Å². The van der Waals surface area contributed by atoms with Crippen molar-refractivity contribution in [2.24, 2.45) is 5.92 Å². The van der Waals surface area contributed by atoms with Crippen molar-refractivity contribution in [2.75, 3.05) is 31.3 Å². The van der Waals surface area contributed by atoms with Gasteiger partial charge in [-0.05, 0) is 40.0 Å². The molecule has 0 fully saturated rings. The molecule has 0 aromatic heterocycles. The molecule has 3 N–H and O–H groups in total. The molecule has 84 valence electrons. The van der Waals surface area contributed by atoms with Gasteiger partial charge in [0.05, 0.1) is 6.61 Å². The highest BCUT2D eigenvalue weighted by Crippen LogP contribution is 2.24. The summed E-state index contributed by atoms with van der Waals surface area (Å²) in [6.45, 7) is 3.79. The van der Waals surface area contributed by atoms with Crippen molar-refractivity contribution in [3.63, 3.8) is 0 Å². The maximum atomic E-state index is 5.65. The molecular formula is C11H17BrN2O. The lowest BCUT2D eigenvalue weighted by Crippen LogP contribution is -2.15. The zero-order chi connectivity index (χ0) is 11.3. The van der Waals surface area contributed by atoms with Gasteiger partial charge in [-0.25, -0.2) is 0 Å². The van der Waals surface area contributed by atoms with Crippen LogP contribution < -0.4 is 11.1 Å². The van der Waals surface area contributed by atoms with E-state index in [9.17, 15) is 0 Å². The van der Waals surface area contributed by atoms with E-state index in [4.69, 9.17) is 10.5 Å². The zero-order valence-corrected chi connectivity index (χ0v) is 10.7. The minimum absolute atomic E-state index is 0.486. The van der Waals surface area contributed by atoms with Crippen molar-refractivity contribution in [3.8, 4) is 0 Å². The van der Waals surface area contributed by atoms with Gasteiger partial charge in [-0.3, -0.25) is 0 Å². The predicted octanol–water partition coefficient (Wildman–Crippen LogP) is 2.73. The highest BCUT2D eigenvalue weighted by Gasteiger charge is 2.03. The second-order valence-corrected chi connectivity index (χ2v) is 4.54. The number of rotatable bonds is 5. The van der Waals surface area contributed by atoms with Gasteiger partial charge >= 0.3 is 0 Å². The van der Waals surface area contributed by atoms with E-state index in [1.165, 1.54) is 0 Å². The van der Waals surface area contributed by atoms with Crippen molar-refractivity contribution in [2.45, 2.75) is 6.92 Å². The molecule has 4 heteroatoms. The van der Waals surface area contributed by atoms with Gasteiger partial charge in [-0.1, -0.05) is 6.92 Å². The third-order valence-electron chi connectivity index (χ3n) is 2.09. The van der Waals surface area contributed by atoms with Gasteiger partial charge in [-0.2, -0.15) is 0 Å². The topological polar surface area (TPSA) is 47.3 Å². The smallest absolute Gasteiger partial charge is 0.0504 e. The summed E-state index contributed by atoms with van der Waals surface area (Å²) in [5, 5.41) is 3.34. The summed E-state index contributed by atoms with van der Waals surface area (Å²) in [5.74, 6) is 0.486. The van der Waals surface area contributed by atoms with E-state index < -0.39 is 0 Å². The third kappa shape index (κ3) is 4.10. The van der Waals surface area contributed by atoms with Crippen LogP contribution in [-0.4, -0.2) is 20.3 Å².